The van der Waals surface area contributed by atoms with E-state index in [0.717, 1.165) is 5.69 Å². The highest BCUT2D eigenvalue weighted by Crippen LogP contribution is 2.58. The average molecular weight is 330 g/mol. The Morgan fingerprint density at radius 3 is 2.19 bits per heavy atom. The molecule has 0 saturated carbocycles. The number of nitrogens with one attached hydrogen (secondary N) is 2. The van der Waals surface area contributed by atoms with Crippen LogP contribution in [0.1, 0.15) is 27.7 Å². The summed E-state index contributed by atoms with van der Waals surface area (Å²) in [7, 11) is -3.32. The normalized spacial score (nSPS) is 12.0. The second-order valence-electron chi connectivity index (χ2n) is 4.84. The summed E-state index contributed by atoms with van der Waals surface area (Å²) in [6.45, 7) is 7.67. The molecule has 1 rings (SSSR count). The van der Waals surface area contributed by atoms with Crippen molar-refractivity contribution in [1.82, 2.24) is 5.32 Å². The lowest BCUT2D eigenvalue weighted by Crippen LogP contribution is -2.46. The fraction of sp³-hybridized carbons (Fsp3) is 0.500. The molecule has 0 heterocycles. The molecule has 2 N–H and O–H groups in total. The topological polar surface area (TPSA) is 59.6 Å². The molecule has 0 saturated heterocycles. The molecule has 0 bridgehead atoms. The molecule has 7 heteroatoms. The monoisotopic (exact) mass is 330 g/mol. The Hall–Kier alpha value is -0.940. The first-order valence-corrected chi connectivity index (χ1v) is 8.83. The molecule has 0 atom stereocenters. The molecular weight excluding hydrogens is 307 g/mol. The second kappa shape index (κ2) is 7.90. The van der Waals surface area contributed by atoms with Crippen LogP contribution in [0, 0.1) is 0 Å². The van der Waals surface area contributed by atoms with Gasteiger partial charge in [0.05, 0.1) is 13.2 Å². The van der Waals surface area contributed by atoms with E-state index in [9.17, 15) is 4.57 Å². The molecule has 5 nitrogen and oxygen atoms in total. The SMILES string of the molecule is CCOP(=O)(OCC)C(C)(C)NC(=S)Nc1ccccc1. The maximum absolute atomic E-state index is 12.8. The van der Waals surface area contributed by atoms with Crippen molar-refractivity contribution in [2.75, 3.05) is 18.5 Å². The van der Waals surface area contributed by atoms with Crippen molar-refractivity contribution in [3.63, 3.8) is 0 Å². The Morgan fingerprint density at radius 1 is 1.19 bits per heavy atom. The van der Waals surface area contributed by atoms with Crippen LogP contribution >= 0.6 is 19.8 Å². The highest BCUT2D eigenvalue weighted by Gasteiger charge is 2.43. The van der Waals surface area contributed by atoms with Crippen LogP contribution in [0.2, 0.25) is 0 Å². The van der Waals surface area contributed by atoms with Gasteiger partial charge < -0.3 is 19.7 Å². The van der Waals surface area contributed by atoms with Gasteiger partial charge in [0, 0.05) is 5.69 Å². The third-order valence-corrected chi connectivity index (χ3v) is 5.62. The lowest BCUT2D eigenvalue weighted by atomic mass is 10.3. The van der Waals surface area contributed by atoms with Crippen LogP contribution in [0.5, 0.6) is 0 Å². The predicted octanol–water partition coefficient (Wildman–Crippen LogP) is 3.98. The van der Waals surface area contributed by atoms with Crippen molar-refractivity contribution in [2.24, 2.45) is 0 Å². The van der Waals surface area contributed by atoms with Gasteiger partial charge in [-0.25, -0.2) is 0 Å². The lowest BCUT2D eigenvalue weighted by Gasteiger charge is -2.34. The Bertz CT molecular complexity index is 498. The van der Waals surface area contributed by atoms with Gasteiger partial charge in [-0.3, -0.25) is 4.57 Å². The predicted molar refractivity (Wildman–Crippen MR) is 90.7 cm³/mol. The van der Waals surface area contributed by atoms with E-state index in [1.54, 1.807) is 27.7 Å². The zero-order chi connectivity index (χ0) is 15.9. The molecule has 0 aromatic heterocycles. The van der Waals surface area contributed by atoms with Gasteiger partial charge in [-0.2, -0.15) is 0 Å². The van der Waals surface area contributed by atoms with Crippen LogP contribution in [0.4, 0.5) is 5.69 Å². The summed E-state index contributed by atoms with van der Waals surface area (Å²) in [4.78, 5) is 0. The number of benzene rings is 1. The quantitative estimate of drug-likeness (QED) is 0.583. The van der Waals surface area contributed by atoms with E-state index in [2.05, 4.69) is 10.6 Å². The van der Waals surface area contributed by atoms with Crippen molar-refractivity contribution in [1.29, 1.82) is 0 Å². The molecule has 0 spiro atoms. The maximum Gasteiger partial charge on any atom is 0.355 e. The van der Waals surface area contributed by atoms with Gasteiger partial charge in [0.25, 0.3) is 0 Å². The first kappa shape index (κ1) is 18.1. The van der Waals surface area contributed by atoms with E-state index in [1.165, 1.54) is 0 Å². The van der Waals surface area contributed by atoms with Crippen molar-refractivity contribution in [2.45, 2.75) is 33.0 Å². The number of hydrogen-bond donors (Lipinski definition) is 2. The molecule has 0 aliphatic heterocycles. The molecule has 118 valence electrons. The van der Waals surface area contributed by atoms with Crippen LogP contribution in [0.25, 0.3) is 0 Å². The summed E-state index contributed by atoms with van der Waals surface area (Å²) in [6, 6.07) is 9.52. The number of hydrogen-bond acceptors (Lipinski definition) is 4. The largest absolute Gasteiger partial charge is 0.355 e. The van der Waals surface area contributed by atoms with E-state index in [4.69, 9.17) is 21.3 Å². The Kier molecular flexibility index (Phi) is 6.81. The fourth-order valence-electron chi connectivity index (χ4n) is 1.73. The summed E-state index contributed by atoms with van der Waals surface area (Å²) in [6.07, 6.45) is 0. The van der Waals surface area contributed by atoms with E-state index in [1.807, 2.05) is 30.3 Å². The molecule has 0 aliphatic rings. The molecule has 21 heavy (non-hydrogen) atoms. The third-order valence-electron chi connectivity index (χ3n) is 2.73. The highest BCUT2D eigenvalue weighted by molar-refractivity contribution is 7.80. The number of para-hydroxylation sites is 1. The number of anilines is 1. The first-order valence-electron chi connectivity index (χ1n) is 6.88. The Balaban J connectivity index is 2.77. The van der Waals surface area contributed by atoms with Crippen LogP contribution in [-0.4, -0.2) is 23.6 Å². The Labute approximate surface area is 131 Å². The van der Waals surface area contributed by atoms with Gasteiger partial charge in [-0.1, -0.05) is 18.2 Å². The standard InChI is InChI=1S/C14H23N2O3PS/c1-5-18-20(17,19-6-2)14(3,4)16-13(21)15-12-10-8-7-9-11-12/h7-11H,5-6H2,1-4H3,(H2,15,16,21). The smallest absolute Gasteiger partial charge is 0.346 e. The van der Waals surface area contributed by atoms with Gasteiger partial charge >= 0.3 is 7.60 Å². The molecule has 0 unspecified atom stereocenters. The van der Waals surface area contributed by atoms with Crippen LogP contribution in [-0.2, 0) is 13.6 Å². The van der Waals surface area contributed by atoms with Gasteiger partial charge in [-0.15, -0.1) is 0 Å². The van der Waals surface area contributed by atoms with Gasteiger partial charge in [-0.05, 0) is 52.0 Å². The van der Waals surface area contributed by atoms with E-state index in [0.29, 0.717) is 18.3 Å². The van der Waals surface area contributed by atoms with Crippen LogP contribution in [0.3, 0.4) is 0 Å². The molecule has 0 fully saturated rings. The fourth-order valence-corrected chi connectivity index (χ4v) is 3.83. The second-order valence-corrected chi connectivity index (χ2v) is 7.87. The van der Waals surface area contributed by atoms with Crippen molar-refractivity contribution < 1.29 is 13.6 Å². The summed E-state index contributed by atoms with van der Waals surface area (Å²) in [5.41, 5.74) is 0.855. The van der Waals surface area contributed by atoms with E-state index in [-0.39, 0.29) is 0 Å². The minimum atomic E-state index is -3.32. The molecule has 0 aliphatic carbocycles. The van der Waals surface area contributed by atoms with E-state index < -0.39 is 12.9 Å². The average Bonchev–Trinajstić information content (AvgIpc) is 2.39. The van der Waals surface area contributed by atoms with Crippen molar-refractivity contribution in [3.8, 4) is 0 Å². The van der Waals surface area contributed by atoms with Gasteiger partial charge in [0.2, 0.25) is 0 Å². The molecule has 1 aromatic rings. The summed E-state index contributed by atoms with van der Waals surface area (Å²) in [5.74, 6) is 0. The van der Waals surface area contributed by atoms with Crippen LogP contribution < -0.4 is 10.6 Å². The molecule has 0 amide bonds. The van der Waals surface area contributed by atoms with Crippen molar-refractivity contribution in [3.05, 3.63) is 30.3 Å². The van der Waals surface area contributed by atoms with Crippen LogP contribution in [0.15, 0.2) is 30.3 Å². The minimum Gasteiger partial charge on any atom is -0.346 e. The summed E-state index contributed by atoms with van der Waals surface area (Å²) in [5, 5.41) is 5.50. The molecular formula is C14H23N2O3PS. The van der Waals surface area contributed by atoms with E-state index >= 15 is 0 Å². The maximum atomic E-state index is 12.8. The number of rotatable bonds is 7. The zero-order valence-electron chi connectivity index (χ0n) is 12.9. The zero-order valence-corrected chi connectivity index (χ0v) is 14.6. The molecule has 1 aromatic carbocycles. The highest BCUT2D eigenvalue weighted by atomic mass is 32.1. The van der Waals surface area contributed by atoms with Gasteiger partial charge in [0.15, 0.2) is 5.11 Å². The first-order chi connectivity index (χ1) is 9.84. The van der Waals surface area contributed by atoms with Crippen molar-refractivity contribution >= 4 is 30.6 Å². The summed E-state index contributed by atoms with van der Waals surface area (Å²) < 4.78 is 23.6. The third kappa shape index (κ3) is 5.08. The number of thiocarbonyl (C=S) groups is 1. The Morgan fingerprint density at radius 2 is 1.71 bits per heavy atom. The molecule has 0 radical (unpaired) electrons. The summed E-state index contributed by atoms with van der Waals surface area (Å²) >= 11 is 5.27. The van der Waals surface area contributed by atoms with Gasteiger partial charge in [0.1, 0.15) is 5.28 Å². The minimum absolute atomic E-state index is 0.307. The lowest BCUT2D eigenvalue weighted by molar-refractivity contribution is 0.198.